The van der Waals surface area contributed by atoms with Crippen LogP contribution < -0.4 is 0 Å². The van der Waals surface area contributed by atoms with Gasteiger partial charge in [0.15, 0.2) is 8.24 Å². The van der Waals surface area contributed by atoms with Crippen molar-refractivity contribution in [2.75, 3.05) is 13.1 Å². The molecule has 0 N–H and O–H groups in total. The molecule has 1 aromatic carbocycles. The smallest absolute Gasteiger partial charge is 0.410 e. The van der Waals surface area contributed by atoms with Gasteiger partial charge in [-0.3, -0.25) is 0 Å². The second kappa shape index (κ2) is 8.06. The first kappa shape index (κ1) is 22.9. The minimum atomic E-state index is -1.76. The standard InChI is InChI=1S/C25H40N2O2Si/c1-17(2)30(18(3)4,19(5)6)27-13-12-21-14-20(10-11-23(21)27)22-15-26(16-22)24(28)29-25(7,8)9/h10-14,17-19,22H,15-16H2,1-9H3. The first-order valence-corrected chi connectivity index (χ1v) is 13.6. The maximum atomic E-state index is 12.2. The average molecular weight is 429 g/mol. The van der Waals surface area contributed by atoms with Crippen LogP contribution in [-0.4, -0.2) is 42.2 Å². The van der Waals surface area contributed by atoms with Crippen LogP contribution in [0.3, 0.4) is 0 Å². The lowest BCUT2D eigenvalue weighted by molar-refractivity contribution is 0.00820. The SMILES string of the molecule is CC(C)[Si](C(C)C)(C(C)C)n1ccc2cc(C3CN(C(=O)OC(C)(C)C)C3)ccc21. The molecule has 0 atom stereocenters. The lowest BCUT2D eigenvalue weighted by atomic mass is 9.91. The zero-order chi connectivity index (χ0) is 22.4. The van der Waals surface area contributed by atoms with E-state index in [1.165, 1.54) is 16.5 Å². The lowest BCUT2D eigenvalue weighted by Crippen LogP contribution is -2.51. The second-order valence-electron chi connectivity index (χ2n) is 10.9. The van der Waals surface area contributed by atoms with Crippen LogP contribution in [-0.2, 0) is 4.74 Å². The van der Waals surface area contributed by atoms with Crippen molar-refractivity contribution in [2.45, 2.75) is 90.5 Å². The van der Waals surface area contributed by atoms with Gasteiger partial charge in [0.05, 0.1) is 0 Å². The van der Waals surface area contributed by atoms with Crippen LogP contribution >= 0.6 is 0 Å². The van der Waals surface area contributed by atoms with Crippen LogP contribution in [0.5, 0.6) is 0 Å². The van der Waals surface area contributed by atoms with Gasteiger partial charge < -0.3 is 13.9 Å². The Morgan fingerprint density at radius 2 is 1.57 bits per heavy atom. The van der Waals surface area contributed by atoms with E-state index in [1.54, 1.807) is 4.90 Å². The van der Waals surface area contributed by atoms with E-state index in [4.69, 9.17) is 4.74 Å². The van der Waals surface area contributed by atoms with Crippen LogP contribution in [0.2, 0.25) is 16.6 Å². The molecule has 1 fully saturated rings. The summed E-state index contributed by atoms with van der Waals surface area (Å²) in [7, 11) is -1.76. The van der Waals surface area contributed by atoms with Gasteiger partial charge in [-0.15, -0.1) is 0 Å². The summed E-state index contributed by atoms with van der Waals surface area (Å²) in [4.78, 5) is 14.0. The molecule has 166 valence electrons. The Labute approximate surface area is 183 Å². The first-order valence-electron chi connectivity index (χ1n) is 11.5. The van der Waals surface area contributed by atoms with Crippen molar-refractivity contribution in [1.82, 2.24) is 9.13 Å². The Morgan fingerprint density at radius 1 is 1.00 bits per heavy atom. The zero-order valence-electron chi connectivity index (χ0n) is 20.3. The van der Waals surface area contributed by atoms with E-state index >= 15 is 0 Å². The molecular weight excluding hydrogens is 388 g/mol. The van der Waals surface area contributed by atoms with Crippen molar-refractivity contribution in [3.63, 3.8) is 0 Å². The number of aromatic nitrogens is 1. The topological polar surface area (TPSA) is 34.5 Å². The van der Waals surface area contributed by atoms with Crippen molar-refractivity contribution < 1.29 is 9.53 Å². The summed E-state index contributed by atoms with van der Waals surface area (Å²) < 4.78 is 8.16. The molecule has 0 unspecified atom stereocenters. The van der Waals surface area contributed by atoms with Crippen LogP contribution in [0.15, 0.2) is 30.5 Å². The minimum Gasteiger partial charge on any atom is -0.444 e. The van der Waals surface area contributed by atoms with Gasteiger partial charge in [-0.2, -0.15) is 0 Å². The summed E-state index contributed by atoms with van der Waals surface area (Å²) in [6.45, 7) is 21.7. The number of carbonyl (C=O) groups excluding carboxylic acids is 1. The highest BCUT2D eigenvalue weighted by Crippen LogP contribution is 2.44. The quantitative estimate of drug-likeness (QED) is 0.480. The first-order chi connectivity index (χ1) is 13.9. The Morgan fingerprint density at radius 3 is 2.07 bits per heavy atom. The zero-order valence-corrected chi connectivity index (χ0v) is 21.3. The van der Waals surface area contributed by atoms with Crippen molar-refractivity contribution in [1.29, 1.82) is 0 Å². The van der Waals surface area contributed by atoms with Gasteiger partial charge >= 0.3 is 6.09 Å². The number of carbonyl (C=O) groups is 1. The largest absolute Gasteiger partial charge is 0.444 e. The molecule has 0 spiro atoms. The fourth-order valence-electron chi connectivity index (χ4n) is 5.75. The summed E-state index contributed by atoms with van der Waals surface area (Å²) in [5, 5.41) is 1.32. The fraction of sp³-hybridized carbons (Fsp3) is 0.640. The predicted molar refractivity (Wildman–Crippen MR) is 129 cm³/mol. The van der Waals surface area contributed by atoms with Crippen LogP contribution in [0.25, 0.3) is 10.9 Å². The lowest BCUT2D eigenvalue weighted by Gasteiger charge is -2.44. The summed E-state index contributed by atoms with van der Waals surface area (Å²) in [6, 6.07) is 9.22. The molecule has 0 bridgehead atoms. The van der Waals surface area contributed by atoms with E-state index in [-0.39, 0.29) is 6.09 Å². The monoisotopic (exact) mass is 428 g/mol. The maximum Gasteiger partial charge on any atom is 0.410 e. The minimum absolute atomic E-state index is 0.201. The third-order valence-corrected chi connectivity index (χ3v) is 13.7. The summed E-state index contributed by atoms with van der Waals surface area (Å²) >= 11 is 0. The van der Waals surface area contributed by atoms with Gasteiger partial charge in [0.2, 0.25) is 0 Å². The highest BCUT2D eigenvalue weighted by molar-refractivity contribution is 6.82. The van der Waals surface area contributed by atoms with E-state index in [2.05, 4.69) is 76.2 Å². The Hall–Kier alpha value is -1.75. The van der Waals surface area contributed by atoms with Crippen molar-refractivity contribution in [2.24, 2.45) is 0 Å². The highest BCUT2D eigenvalue weighted by atomic mass is 28.3. The third-order valence-electron chi connectivity index (χ3n) is 6.91. The molecule has 5 heteroatoms. The fourth-order valence-corrected chi connectivity index (χ4v) is 12.4. The molecule has 0 aliphatic carbocycles. The normalized spacial score (nSPS) is 16.1. The van der Waals surface area contributed by atoms with E-state index in [0.29, 0.717) is 22.5 Å². The van der Waals surface area contributed by atoms with Crippen molar-refractivity contribution in [3.8, 4) is 0 Å². The van der Waals surface area contributed by atoms with Gasteiger partial charge in [0, 0.05) is 24.5 Å². The number of likely N-dealkylation sites (tertiary alicyclic amines) is 1. The van der Waals surface area contributed by atoms with Crippen molar-refractivity contribution >= 4 is 25.2 Å². The molecular formula is C25H40N2O2Si. The van der Waals surface area contributed by atoms with Crippen molar-refractivity contribution in [3.05, 3.63) is 36.0 Å². The molecule has 1 aromatic heterocycles. The van der Waals surface area contributed by atoms with E-state index in [0.717, 1.165) is 13.1 Å². The number of rotatable bonds is 5. The van der Waals surface area contributed by atoms with Gasteiger partial charge in [0.1, 0.15) is 5.60 Å². The number of hydrogen-bond acceptors (Lipinski definition) is 2. The van der Waals surface area contributed by atoms with E-state index in [1.807, 2.05) is 20.8 Å². The molecule has 0 radical (unpaired) electrons. The number of benzene rings is 1. The number of nitrogens with zero attached hydrogens (tertiary/aromatic N) is 2. The Kier molecular flexibility index (Phi) is 6.16. The van der Waals surface area contributed by atoms with Crippen LogP contribution in [0.1, 0.15) is 73.8 Å². The van der Waals surface area contributed by atoms with Gasteiger partial charge in [-0.25, -0.2) is 4.79 Å². The molecule has 2 aromatic rings. The number of ether oxygens (including phenoxy) is 1. The highest BCUT2D eigenvalue weighted by Gasteiger charge is 2.45. The number of hydrogen-bond donors (Lipinski definition) is 0. The number of fused-ring (bicyclic) bond motifs is 1. The number of amides is 1. The molecule has 0 saturated carbocycles. The molecule has 30 heavy (non-hydrogen) atoms. The molecule has 1 saturated heterocycles. The third kappa shape index (κ3) is 3.93. The molecule has 4 nitrogen and oxygen atoms in total. The summed E-state index contributed by atoms with van der Waals surface area (Å²) in [5.74, 6) is 0.396. The molecule has 1 amide bonds. The molecule has 3 rings (SSSR count). The Bertz CT molecular complexity index is 880. The van der Waals surface area contributed by atoms with Crippen LogP contribution in [0, 0.1) is 0 Å². The second-order valence-corrected chi connectivity index (χ2v) is 16.7. The van der Waals surface area contributed by atoms with Gasteiger partial charge in [-0.05, 0) is 72.7 Å². The molecule has 1 aliphatic heterocycles. The van der Waals surface area contributed by atoms with E-state index < -0.39 is 13.8 Å². The predicted octanol–water partition coefficient (Wildman–Crippen LogP) is 7.00. The van der Waals surface area contributed by atoms with Gasteiger partial charge in [0.25, 0.3) is 0 Å². The molecule has 1 aliphatic rings. The summed E-state index contributed by atoms with van der Waals surface area (Å²) in [5.41, 5.74) is 4.25. The molecule has 2 heterocycles. The van der Waals surface area contributed by atoms with Gasteiger partial charge in [-0.1, -0.05) is 47.6 Å². The van der Waals surface area contributed by atoms with Crippen LogP contribution in [0.4, 0.5) is 4.79 Å². The van der Waals surface area contributed by atoms with E-state index in [9.17, 15) is 4.79 Å². The maximum absolute atomic E-state index is 12.2. The summed E-state index contributed by atoms with van der Waals surface area (Å²) in [6.07, 6.45) is 2.14. The average Bonchev–Trinajstić information content (AvgIpc) is 2.95. The Balaban J connectivity index is 1.85.